The van der Waals surface area contributed by atoms with E-state index in [4.69, 9.17) is 0 Å². The number of hydrogen-bond acceptors (Lipinski definition) is 6. The van der Waals surface area contributed by atoms with Crippen molar-refractivity contribution in [1.29, 1.82) is 0 Å². The molecule has 0 aliphatic carbocycles. The first-order valence-corrected chi connectivity index (χ1v) is 6.49. The molecule has 9 nitrogen and oxygen atoms in total. The van der Waals surface area contributed by atoms with E-state index in [0.29, 0.717) is 11.8 Å². The number of carboxylic acid groups (broad SMARTS) is 1. The van der Waals surface area contributed by atoms with Crippen molar-refractivity contribution in [3.63, 3.8) is 0 Å². The van der Waals surface area contributed by atoms with Crippen LogP contribution in [0.1, 0.15) is 11.6 Å². The molecule has 1 aliphatic heterocycles. The number of nitro benzene ring substituents is 1. The lowest BCUT2D eigenvalue weighted by molar-refractivity contribution is -0.384. The molecule has 10 heteroatoms. The van der Waals surface area contributed by atoms with Crippen molar-refractivity contribution < 1.29 is 19.6 Å². The van der Waals surface area contributed by atoms with Crippen LogP contribution >= 0.6 is 12.4 Å². The topological polar surface area (TPSA) is 127 Å². The zero-order valence-electron chi connectivity index (χ0n) is 11.9. The number of non-ortho nitro benzene ring substituents is 1. The predicted molar refractivity (Wildman–Crippen MR) is 85.1 cm³/mol. The Bertz CT molecular complexity index is 860. The lowest BCUT2D eigenvalue weighted by atomic mass is 9.95. The Balaban J connectivity index is 0.00000208. The summed E-state index contributed by atoms with van der Waals surface area (Å²) in [6.45, 7) is 0. The second-order valence-electron chi connectivity index (χ2n) is 4.79. The largest absolute Gasteiger partial charge is 0.478 e. The Labute approximate surface area is 141 Å². The molecule has 0 saturated carbocycles. The van der Waals surface area contributed by atoms with E-state index in [1.165, 1.54) is 35.2 Å². The van der Waals surface area contributed by atoms with Gasteiger partial charge in [0.25, 0.3) is 5.69 Å². The number of nitrogens with zero attached hydrogens (tertiary/aromatic N) is 3. The molecular formula is C14H11ClN4O5. The van der Waals surface area contributed by atoms with Gasteiger partial charge in [-0.3, -0.25) is 14.9 Å². The number of aliphatic carboxylic acids is 1. The van der Waals surface area contributed by atoms with Crippen LogP contribution in [0.3, 0.4) is 0 Å². The Hall–Kier alpha value is -3.20. The van der Waals surface area contributed by atoms with E-state index in [1.54, 1.807) is 6.07 Å². The van der Waals surface area contributed by atoms with Crippen LogP contribution in [0.2, 0.25) is 0 Å². The number of allylic oxidation sites excluding steroid dienone is 1. The fourth-order valence-corrected chi connectivity index (χ4v) is 2.55. The summed E-state index contributed by atoms with van der Waals surface area (Å²) in [6.07, 6.45) is 3.38. The molecule has 1 aromatic carbocycles. The van der Waals surface area contributed by atoms with Gasteiger partial charge in [0.2, 0.25) is 5.95 Å². The van der Waals surface area contributed by atoms with Crippen LogP contribution in [0.25, 0.3) is 0 Å². The van der Waals surface area contributed by atoms with E-state index < -0.39 is 16.9 Å². The van der Waals surface area contributed by atoms with E-state index >= 15 is 0 Å². The maximum Gasteiger partial charge on any atom is 0.336 e. The average Bonchev–Trinajstić information content (AvgIpc) is 3.00. The molecule has 0 bridgehead atoms. The van der Waals surface area contributed by atoms with Gasteiger partial charge in [-0.2, -0.15) is 0 Å². The van der Waals surface area contributed by atoms with Gasteiger partial charge >= 0.3 is 5.97 Å². The molecule has 1 atom stereocenters. The first kappa shape index (κ1) is 17.2. The first-order valence-electron chi connectivity index (χ1n) is 6.49. The van der Waals surface area contributed by atoms with Crippen molar-refractivity contribution in [1.82, 2.24) is 9.55 Å². The summed E-state index contributed by atoms with van der Waals surface area (Å²) in [5.74, 6) is -1.01. The Morgan fingerprint density at radius 2 is 2.21 bits per heavy atom. The summed E-state index contributed by atoms with van der Waals surface area (Å²) in [5.41, 5.74) is -0.129. The summed E-state index contributed by atoms with van der Waals surface area (Å²) in [5, 5.41) is 23.1. The summed E-state index contributed by atoms with van der Waals surface area (Å²) < 4.78 is 1.51. The molecule has 2 aromatic rings. The van der Waals surface area contributed by atoms with Crippen LogP contribution in [0, 0.1) is 10.1 Å². The van der Waals surface area contributed by atoms with Gasteiger partial charge in [-0.1, -0.05) is 12.1 Å². The smallest absolute Gasteiger partial charge is 0.336 e. The van der Waals surface area contributed by atoms with Crippen LogP contribution in [-0.4, -0.2) is 31.8 Å². The van der Waals surface area contributed by atoms with Gasteiger partial charge < -0.3 is 15.0 Å². The third kappa shape index (κ3) is 2.72. The SMILES string of the molecule is Cl.O=CC1=C(C(=O)O)C(c2cccc([N+](=O)[O-])c2)n2ccnc2N1. The third-order valence-electron chi connectivity index (χ3n) is 3.50. The number of carbonyl (C=O) groups excluding carboxylic acids is 1. The zero-order valence-corrected chi connectivity index (χ0v) is 12.8. The molecule has 1 unspecified atom stereocenters. The number of fused-ring (bicyclic) bond motifs is 1. The number of rotatable bonds is 4. The first-order chi connectivity index (χ1) is 11.0. The minimum atomic E-state index is -1.30. The van der Waals surface area contributed by atoms with Crippen LogP contribution in [0.5, 0.6) is 0 Å². The van der Waals surface area contributed by atoms with Gasteiger partial charge in [0.15, 0.2) is 6.29 Å². The van der Waals surface area contributed by atoms with Crippen LogP contribution < -0.4 is 5.32 Å². The number of benzene rings is 1. The van der Waals surface area contributed by atoms with E-state index in [1.807, 2.05) is 0 Å². The minimum Gasteiger partial charge on any atom is -0.478 e. The predicted octanol–water partition coefficient (Wildman–Crippen LogP) is 1.77. The minimum absolute atomic E-state index is 0. The molecule has 0 fully saturated rings. The maximum atomic E-state index is 11.6. The molecule has 24 heavy (non-hydrogen) atoms. The van der Waals surface area contributed by atoms with Gasteiger partial charge in [-0.15, -0.1) is 12.4 Å². The average molecular weight is 351 g/mol. The molecule has 2 heterocycles. The number of nitrogens with one attached hydrogen (secondary N) is 1. The Morgan fingerprint density at radius 1 is 1.46 bits per heavy atom. The summed E-state index contributed by atoms with van der Waals surface area (Å²) in [6, 6.07) is 4.73. The van der Waals surface area contributed by atoms with Crippen LogP contribution in [0.4, 0.5) is 11.6 Å². The maximum absolute atomic E-state index is 11.6. The van der Waals surface area contributed by atoms with Gasteiger partial charge in [-0.05, 0) is 5.56 Å². The number of anilines is 1. The Morgan fingerprint density at radius 3 is 2.83 bits per heavy atom. The highest BCUT2D eigenvalue weighted by Crippen LogP contribution is 2.36. The molecule has 124 valence electrons. The molecule has 1 aromatic heterocycles. The van der Waals surface area contributed by atoms with Crippen molar-refractivity contribution in [3.05, 3.63) is 63.6 Å². The van der Waals surface area contributed by atoms with Gasteiger partial charge in [-0.25, -0.2) is 9.78 Å². The van der Waals surface area contributed by atoms with Crippen molar-refractivity contribution in [2.24, 2.45) is 0 Å². The fraction of sp³-hybridized carbons (Fsp3) is 0.0714. The number of nitro groups is 1. The monoisotopic (exact) mass is 350 g/mol. The highest BCUT2D eigenvalue weighted by Gasteiger charge is 2.34. The molecule has 0 saturated heterocycles. The summed E-state index contributed by atoms with van der Waals surface area (Å²) >= 11 is 0. The number of aldehydes is 1. The number of hydrogen-bond donors (Lipinski definition) is 2. The van der Waals surface area contributed by atoms with Crippen molar-refractivity contribution >= 4 is 36.3 Å². The highest BCUT2D eigenvalue weighted by molar-refractivity contribution is 5.98. The molecule has 2 N–H and O–H groups in total. The standard InChI is InChI=1S/C14H10N4O5.ClH/c19-7-10-11(13(20)21)12(17-5-4-15-14(17)16-10)8-2-1-3-9(6-8)18(22)23;/h1-7,12H,(H,15,16)(H,20,21);1H. The number of imidazole rings is 1. The number of aromatic nitrogens is 2. The van der Waals surface area contributed by atoms with Gasteiger partial charge in [0.05, 0.1) is 22.2 Å². The molecule has 0 spiro atoms. The van der Waals surface area contributed by atoms with Crippen molar-refractivity contribution in [2.75, 3.05) is 5.32 Å². The number of carboxylic acids is 1. The van der Waals surface area contributed by atoms with Gasteiger partial charge in [0.1, 0.15) is 0 Å². The summed E-state index contributed by atoms with van der Waals surface area (Å²) in [7, 11) is 0. The Kier molecular flexibility index (Phi) is 4.65. The van der Waals surface area contributed by atoms with Gasteiger partial charge in [0, 0.05) is 24.5 Å². The van der Waals surface area contributed by atoms with Crippen LogP contribution in [0.15, 0.2) is 47.9 Å². The van der Waals surface area contributed by atoms with Crippen molar-refractivity contribution in [3.8, 4) is 0 Å². The number of halogens is 1. The fourth-order valence-electron chi connectivity index (χ4n) is 2.55. The zero-order chi connectivity index (χ0) is 16.6. The normalized spacial score (nSPS) is 15.8. The molecule has 3 rings (SSSR count). The lowest BCUT2D eigenvalue weighted by Crippen LogP contribution is -2.28. The number of carbonyl (C=O) groups is 2. The van der Waals surface area contributed by atoms with Crippen molar-refractivity contribution in [2.45, 2.75) is 6.04 Å². The third-order valence-corrected chi connectivity index (χ3v) is 3.50. The molecule has 0 radical (unpaired) electrons. The molecule has 0 amide bonds. The molecule has 1 aliphatic rings. The highest BCUT2D eigenvalue weighted by atomic mass is 35.5. The second kappa shape index (κ2) is 6.50. The quantitative estimate of drug-likeness (QED) is 0.488. The van der Waals surface area contributed by atoms with E-state index in [-0.39, 0.29) is 35.3 Å². The molecular weight excluding hydrogens is 340 g/mol. The van der Waals surface area contributed by atoms with E-state index in [0.717, 1.165) is 0 Å². The van der Waals surface area contributed by atoms with E-state index in [9.17, 15) is 24.8 Å². The second-order valence-corrected chi connectivity index (χ2v) is 4.79. The summed E-state index contributed by atoms with van der Waals surface area (Å²) in [4.78, 5) is 37.3. The lowest BCUT2D eigenvalue weighted by Gasteiger charge is -2.27. The van der Waals surface area contributed by atoms with Crippen LogP contribution in [-0.2, 0) is 9.59 Å². The van der Waals surface area contributed by atoms with E-state index in [2.05, 4.69) is 10.3 Å².